The molecule has 0 unspecified atom stereocenters. The molecule has 3 amide bonds. The summed E-state index contributed by atoms with van der Waals surface area (Å²) < 4.78 is 5.06. The summed E-state index contributed by atoms with van der Waals surface area (Å²) in [5.74, 6) is 1.18. The zero-order valence-corrected chi connectivity index (χ0v) is 13.5. The van der Waals surface area contributed by atoms with Crippen LogP contribution < -0.4 is 5.32 Å². The van der Waals surface area contributed by atoms with Gasteiger partial charge in [-0.25, -0.2) is 4.79 Å². The molecule has 0 aliphatic carbocycles. The second kappa shape index (κ2) is 7.29. The van der Waals surface area contributed by atoms with E-state index in [-0.39, 0.29) is 11.9 Å². The summed E-state index contributed by atoms with van der Waals surface area (Å²) in [6.07, 6.45) is 2.31. The van der Waals surface area contributed by atoms with E-state index in [1.807, 2.05) is 6.92 Å². The van der Waals surface area contributed by atoms with E-state index in [4.69, 9.17) is 4.52 Å². The minimum atomic E-state index is -0.0913. The molecule has 0 spiro atoms. The second-order valence-corrected chi connectivity index (χ2v) is 6.02. The first-order valence-corrected chi connectivity index (χ1v) is 7.61. The molecule has 2 rings (SSSR count). The van der Waals surface area contributed by atoms with Crippen LogP contribution in [-0.4, -0.2) is 54.1 Å². The zero-order valence-electron chi connectivity index (χ0n) is 13.5. The Kier molecular flexibility index (Phi) is 5.41. The minimum absolute atomic E-state index is 0.0913. The van der Waals surface area contributed by atoms with E-state index in [2.05, 4.69) is 10.5 Å². The number of urea groups is 1. The first-order chi connectivity index (χ1) is 10.5. The van der Waals surface area contributed by atoms with E-state index in [9.17, 15) is 9.59 Å². The van der Waals surface area contributed by atoms with Gasteiger partial charge in [-0.3, -0.25) is 4.79 Å². The van der Waals surface area contributed by atoms with Crippen molar-refractivity contribution in [3.05, 3.63) is 17.5 Å². The van der Waals surface area contributed by atoms with Crippen molar-refractivity contribution in [3.63, 3.8) is 0 Å². The molecule has 22 heavy (non-hydrogen) atoms. The van der Waals surface area contributed by atoms with Crippen LogP contribution in [0.3, 0.4) is 0 Å². The maximum atomic E-state index is 12.1. The monoisotopic (exact) mass is 308 g/mol. The summed E-state index contributed by atoms with van der Waals surface area (Å²) in [7, 11) is 3.55. The van der Waals surface area contributed by atoms with Crippen molar-refractivity contribution < 1.29 is 14.1 Å². The number of nitrogens with one attached hydrogen (secondary N) is 1. The average Bonchev–Trinajstić information content (AvgIpc) is 2.91. The summed E-state index contributed by atoms with van der Waals surface area (Å²) >= 11 is 0. The van der Waals surface area contributed by atoms with E-state index < -0.39 is 0 Å². The van der Waals surface area contributed by atoms with Crippen LogP contribution in [0.5, 0.6) is 0 Å². The molecule has 2 heterocycles. The summed E-state index contributed by atoms with van der Waals surface area (Å²) in [5, 5.41) is 6.62. The van der Waals surface area contributed by atoms with E-state index >= 15 is 0 Å². The van der Waals surface area contributed by atoms with Gasteiger partial charge in [-0.15, -0.1) is 0 Å². The van der Waals surface area contributed by atoms with Crippen molar-refractivity contribution in [1.29, 1.82) is 0 Å². The van der Waals surface area contributed by atoms with Gasteiger partial charge in [0.1, 0.15) is 0 Å². The molecule has 7 nitrogen and oxygen atoms in total. The first-order valence-electron chi connectivity index (χ1n) is 7.61. The van der Waals surface area contributed by atoms with Crippen LogP contribution >= 0.6 is 0 Å². The predicted octanol–water partition coefficient (Wildman–Crippen LogP) is 1.38. The molecule has 1 aliphatic heterocycles. The van der Waals surface area contributed by atoms with Gasteiger partial charge in [-0.2, -0.15) is 0 Å². The molecule has 0 atom stereocenters. The molecule has 122 valence electrons. The molecule has 7 heteroatoms. The van der Waals surface area contributed by atoms with Gasteiger partial charge in [0.05, 0.1) is 12.2 Å². The smallest absolute Gasteiger partial charge is 0.317 e. The fraction of sp³-hybridized carbons (Fsp3) is 0.667. The third-order valence-corrected chi connectivity index (χ3v) is 3.95. The fourth-order valence-electron chi connectivity index (χ4n) is 2.54. The standard InChI is InChI=1S/C15H24N4O3/c1-11-8-13(22-17-11)10-16-15(21)19-6-4-12(5-7-19)9-14(20)18(2)3/h8,12H,4-7,9-10H2,1-3H3,(H,16,21). The van der Waals surface area contributed by atoms with Crippen molar-refractivity contribution >= 4 is 11.9 Å². The minimum Gasteiger partial charge on any atom is -0.359 e. The van der Waals surface area contributed by atoms with Crippen LogP contribution in [0.1, 0.15) is 30.7 Å². The quantitative estimate of drug-likeness (QED) is 0.911. The zero-order chi connectivity index (χ0) is 16.1. The molecule has 0 aromatic carbocycles. The molecule has 1 aliphatic rings. The Morgan fingerprint density at radius 2 is 2.09 bits per heavy atom. The number of carbonyl (C=O) groups is 2. The van der Waals surface area contributed by atoms with Gasteiger partial charge in [-0.05, 0) is 25.7 Å². The molecular weight excluding hydrogens is 284 g/mol. The maximum Gasteiger partial charge on any atom is 0.317 e. The largest absolute Gasteiger partial charge is 0.359 e. The Morgan fingerprint density at radius 3 is 2.64 bits per heavy atom. The number of aromatic nitrogens is 1. The predicted molar refractivity (Wildman–Crippen MR) is 81.1 cm³/mol. The first kappa shape index (κ1) is 16.3. The van der Waals surface area contributed by atoms with Crippen LogP contribution in [0.15, 0.2) is 10.6 Å². The summed E-state index contributed by atoms with van der Waals surface area (Å²) in [6, 6.07) is 1.71. The lowest BCUT2D eigenvalue weighted by atomic mass is 9.93. The molecule has 0 radical (unpaired) electrons. The fourth-order valence-corrected chi connectivity index (χ4v) is 2.54. The number of piperidine rings is 1. The molecule has 0 bridgehead atoms. The number of nitrogens with zero attached hydrogens (tertiary/aromatic N) is 3. The molecule has 1 saturated heterocycles. The van der Waals surface area contributed by atoms with E-state index in [0.717, 1.165) is 18.5 Å². The molecular formula is C15H24N4O3. The number of hydrogen-bond acceptors (Lipinski definition) is 4. The third kappa shape index (κ3) is 4.47. The van der Waals surface area contributed by atoms with Crippen LogP contribution in [0.25, 0.3) is 0 Å². The lowest BCUT2D eigenvalue weighted by molar-refractivity contribution is -0.129. The van der Waals surface area contributed by atoms with Crippen LogP contribution in [-0.2, 0) is 11.3 Å². The number of likely N-dealkylation sites (tertiary alicyclic amines) is 1. The van der Waals surface area contributed by atoms with E-state index in [1.165, 1.54) is 0 Å². The van der Waals surface area contributed by atoms with Gasteiger partial charge in [0.2, 0.25) is 5.91 Å². The average molecular weight is 308 g/mol. The van der Waals surface area contributed by atoms with Crippen molar-refractivity contribution in [2.45, 2.75) is 32.7 Å². The molecule has 1 fully saturated rings. The van der Waals surface area contributed by atoms with Crippen LogP contribution in [0.4, 0.5) is 4.79 Å². The van der Waals surface area contributed by atoms with E-state index in [0.29, 0.717) is 37.7 Å². The summed E-state index contributed by atoms with van der Waals surface area (Å²) in [4.78, 5) is 27.2. The van der Waals surface area contributed by atoms with Gasteiger partial charge in [0.15, 0.2) is 5.76 Å². The summed E-state index contributed by atoms with van der Waals surface area (Å²) in [5.41, 5.74) is 0.802. The molecule has 0 saturated carbocycles. The Bertz CT molecular complexity index is 519. The Balaban J connectivity index is 1.71. The molecule has 1 aromatic heterocycles. The lowest BCUT2D eigenvalue weighted by Crippen LogP contribution is -2.44. The van der Waals surface area contributed by atoms with Gasteiger partial charge >= 0.3 is 6.03 Å². The Morgan fingerprint density at radius 1 is 1.41 bits per heavy atom. The highest BCUT2D eigenvalue weighted by atomic mass is 16.5. The number of amides is 3. The highest BCUT2D eigenvalue weighted by Gasteiger charge is 2.24. The topological polar surface area (TPSA) is 78.7 Å². The normalized spacial score (nSPS) is 15.7. The van der Waals surface area contributed by atoms with Crippen molar-refractivity contribution in [2.75, 3.05) is 27.2 Å². The summed E-state index contributed by atoms with van der Waals surface area (Å²) in [6.45, 7) is 3.56. The number of aryl methyl sites for hydroxylation is 1. The number of rotatable bonds is 4. The Hall–Kier alpha value is -2.05. The van der Waals surface area contributed by atoms with Crippen molar-refractivity contribution in [1.82, 2.24) is 20.3 Å². The van der Waals surface area contributed by atoms with Crippen LogP contribution in [0, 0.1) is 12.8 Å². The molecule has 1 N–H and O–H groups in total. The van der Waals surface area contributed by atoms with Crippen molar-refractivity contribution in [3.8, 4) is 0 Å². The second-order valence-electron chi connectivity index (χ2n) is 6.02. The number of hydrogen-bond donors (Lipinski definition) is 1. The van der Waals surface area contributed by atoms with Gasteiger partial charge in [0, 0.05) is 39.7 Å². The van der Waals surface area contributed by atoms with E-state index in [1.54, 1.807) is 30.0 Å². The highest BCUT2D eigenvalue weighted by molar-refractivity contribution is 5.76. The molecule has 1 aromatic rings. The maximum absolute atomic E-state index is 12.1. The van der Waals surface area contributed by atoms with Gasteiger partial charge in [0.25, 0.3) is 0 Å². The highest BCUT2D eigenvalue weighted by Crippen LogP contribution is 2.21. The van der Waals surface area contributed by atoms with Crippen LogP contribution in [0.2, 0.25) is 0 Å². The number of carbonyl (C=O) groups excluding carboxylic acids is 2. The van der Waals surface area contributed by atoms with Gasteiger partial charge in [-0.1, -0.05) is 5.16 Å². The SMILES string of the molecule is Cc1cc(CNC(=O)N2CCC(CC(=O)N(C)C)CC2)on1. The third-order valence-electron chi connectivity index (χ3n) is 3.95. The Labute approximate surface area is 130 Å². The van der Waals surface area contributed by atoms with Crippen molar-refractivity contribution in [2.24, 2.45) is 5.92 Å². The lowest BCUT2D eigenvalue weighted by Gasteiger charge is -2.32. The van der Waals surface area contributed by atoms with Gasteiger partial charge < -0.3 is 19.6 Å².